The number of hydrogen-bond acceptors (Lipinski definition) is 3. The van der Waals surface area contributed by atoms with Crippen LogP contribution in [0.2, 0.25) is 0 Å². The number of carbonyl (C=O) groups is 2. The summed E-state index contributed by atoms with van der Waals surface area (Å²) in [5, 5.41) is 2.52. The Balaban J connectivity index is 1.69. The summed E-state index contributed by atoms with van der Waals surface area (Å²) in [7, 11) is 1.51. The van der Waals surface area contributed by atoms with E-state index in [4.69, 9.17) is 4.74 Å². The van der Waals surface area contributed by atoms with Crippen LogP contribution < -0.4 is 15.0 Å². The predicted octanol–water partition coefficient (Wildman–Crippen LogP) is 2.64. The highest BCUT2D eigenvalue weighted by Crippen LogP contribution is 2.29. The molecule has 0 aliphatic carbocycles. The van der Waals surface area contributed by atoms with Crippen LogP contribution in [0.25, 0.3) is 0 Å². The number of halogens is 2. The molecule has 1 N–H and O–H groups in total. The zero-order valence-corrected chi connectivity index (χ0v) is 14.2. The summed E-state index contributed by atoms with van der Waals surface area (Å²) in [6.45, 7) is 0.233. The van der Waals surface area contributed by atoms with Crippen LogP contribution in [-0.2, 0) is 16.2 Å². The average molecular weight is 360 g/mol. The summed E-state index contributed by atoms with van der Waals surface area (Å²) in [6, 6.07) is 10.0. The molecule has 0 radical (unpaired) electrons. The molecule has 7 heteroatoms. The van der Waals surface area contributed by atoms with E-state index in [1.165, 1.54) is 36.2 Å². The highest BCUT2D eigenvalue weighted by molar-refractivity contribution is 6.00. The maximum Gasteiger partial charge on any atom is 0.227 e. The molecule has 2 aromatic carbocycles. The fraction of sp³-hybridized carbons (Fsp3) is 0.263. The second-order valence-corrected chi connectivity index (χ2v) is 6.05. The van der Waals surface area contributed by atoms with Crippen molar-refractivity contribution >= 4 is 17.5 Å². The third kappa shape index (κ3) is 3.82. The minimum Gasteiger partial charge on any atom is -0.486 e. The van der Waals surface area contributed by atoms with Crippen molar-refractivity contribution < 1.29 is 23.1 Å². The van der Waals surface area contributed by atoms with Crippen LogP contribution in [0.3, 0.4) is 0 Å². The van der Waals surface area contributed by atoms with Gasteiger partial charge >= 0.3 is 0 Å². The van der Waals surface area contributed by atoms with Gasteiger partial charge in [0.1, 0.15) is 12.4 Å². The smallest absolute Gasteiger partial charge is 0.227 e. The lowest BCUT2D eigenvalue weighted by Gasteiger charge is -2.17. The molecule has 2 amide bonds. The Morgan fingerprint density at radius 3 is 2.77 bits per heavy atom. The monoisotopic (exact) mass is 360 g/mol. The normalized spacial score (nSPS) is 16.7. The summed E-state index contributed by atoms with van der Waals surface area (Å²) in [6.07, 6.45) is 0.0963. The minimum atomic E-state index is -0.630. The van der Waals surface area contributed by atoms with E-state index in [0.717, 1.165) is 0 Å². The fourth-order valence-electron chi connectivity index (χ4n) is 2.90. The Labute approximate surface area is 149 Å². The van der Waals surface area contributed by atoms with E-state index in [0.29, 0.717) is 11.3 Å². The first-order valence-electron chi connectivity index (χ1n) is 8.16. The lowest BCUT2D eigenvalue weighted by Crippen LogP contribution is -2.30. The maximum atomic E-state index is 14.3. The Bertz CT molecular complexity index is 841. The number of hydrogen-bond donors (Lipinski definition) is 1. The summed E-state index contributed by atoms with van der Waals surface area (Å²) in [4.78, 5) is 25.2. The van der Waals surface area contributed by atoms with Gasteiger partial charge in [0.15, 0.2) is 11.6 Å². The Morgan fingerprint density at radius 1 is 1.27 bits per heavy atom. The van der Waals surface area contributed by atoms with Crippen molar-refractivity contribution in [1.29, 1.82) is 0 Å². The second kappa shape index (κ2) is 7.51. The first-order chi connectivity index (χ1) is 12.5. The van der Waals surface area contributed by atoms with Crippen LogP contribution in [-0.4, -0.2) is 25.4 Å². The van der Waals surface area contributed by atoms with Gasteiger partial charge in [-0.2, -0.15) is 0 Å². The molecular formula is C19H18F2N2O3. The zero-order chi connectivity index (χ0) is 18.7. The molecule has 1 atom stereocenters. The largest absolute Gasteiger partial charge is 0.486 e. The molecule has 26 heavy (non-hydrogen) atoms. The van der Waals surface area contributed by atoms with Gasteiger partial charge in [0, 0.05) is 31.8 Å². The highest BCUT2D eigenvalue weighted by atomic mass is 19.1. The summed E-state index contributed by atoms with van der Waals surface area (Å²) >= 11 is 0. The van der Waals surface area contributed by atoms with Crippen molar-refractivity contribution in [2.24, 2.45) is 5.92 Å². The Morgan fingerprint density at radius 2 is 2.08 bits per heavy atom. The van der Waals surface area contributed by atoms with Crippen molar-refractivity contribution in [3.05, 3.63) is 59.7 Å². The molecule has 0 spiro atoms. The molecule has 1 aliphatic heterocycles. The highest BCUT2D eigenvalue weighted by Gasteiger charge is 2.34. The number of amides is 2. The van der Waals surface area contributed by atoms with Crippen molar-refractivity contribution in [2.45, 2.75) is 13.0 Å². The van der Waals surface area contributed by atoms with Gasteiger partial charge in [0.05, 0.1) is 5.92 Å². The predicted molar refractivity (Wildman–Crippen MR) is 91.7 cm³/mol. The van der Waals surface area contributed by atoms with Crippen LogP contribution in [0.15, 0.2) is 42.5 Å². The standard InChI is InChI=1S/C19H18F2N2O3/c1-22-19(25)13-8-18(24)23(10-13)15-5-6-17(16(21)9-15)26-11-12-3-2-4-14(20)7-12/h2-7,9,13H,8,10-11H2,1H3,(H,22,25). The van der Waals surface area contributed by atoms with Crippen molar-refractivity contribution in [3.8, 4) is 5.75 Å². The number of benzene rings is 2. The van der Waals surface area contributed by atoms with Crippen LogP contribution in [0, 0.1) is 17.6 Å². The molecule has 1 aliphatic rings. The number of ether oxygens (including phenoxy) is 1. The fourth-order valence-corrected chi connectivity index (χ4v) is 2.90. The Kier molecular flexibility index (Phi) is 5.16. The van der Waals surface area contributed by atoms with E-state index in [1.807, 2.05) is 0 Å². The number of anilines is 1. The van der Waals surface area contributed by atoms with Gasteiger partial charge in [-0.3, -0.25) is 9.59 Å². The van der Waals surface area contributed by atoms with Gasteiger partial charge in [-0.15, -0.1) is 0 Å². The molecule has 1 heterocycles. The molecular weight excluding hydrogens is 342 g/mol. The van der Waals surface area contributed by atoms with Gasteiger partial charge in [0.25, 0.3) is 0 Å². The van der Waals surface area contributed by atoms with Gasteiger partial charge < -0.3 is 15.0 Å². The molecule has 1 saturated heterocycles. The Hall–Kier alpha value is -2.96. The van der Waals surface area contributed by atoms with E-state index in [9.17, 15) is 18.4 Å². The molecule has 0 bridgehead atoms. The van der Waals surface area contributed by atoms with E-state index in [1.54, 1.807) is 18.2 Å². The third-order valence-electron chi connectivity index (χ3n) is 4.25. The van der Waals surface area contributed by atoms with Gasteiger partial charge in [-0.25, -0.2) is 8.78 Å². The summed E-state index contributed by atoms with van der Waals surface area (Å²) in [5.41, 5.74) is 0.952. The first-order valence-corrected chi connectivity index (χ1v) is 8.16. The van der Waals surface area contributed by atoms with Crippen LogP contribution in [0.5, 0.6) is 5.75 Å². The lowest BCUT2D eigenvalue weighted by atomic mass is 10.1. The molecule has 0 saturated carbocycles. The zero-order valence-electron chi connectivity index (χ0n) is 14.2. The lowest BCUT2D eigenvalue weighted by molar-refractivity contribution is -0.125. The topological polar surface area (TPSA) is 58.6 Å². The van der Waals surface area contributed by atoms with E-state index < -0.39 is 11.7 Å². The molecule has 136 valence electrons. The number of rotatable bonds is 5. The summed E-state index contributed by atoms with van der Waals surface area (Å²) < 4.78 is 32.9. The molecule has 1 unspecified atom stereocenters. The number of nitrogens with one attached hydrogen (secondary N) is 1. The van der Waals surface area contributed by atoms with E-state index in [2.05, 4.69) is 5.32 Å². The van der Waals surface area contributed by atoms with Crippen LogP contribution >= 0.6 is 0 Å². The van der Waals surface area contributed by atoms with E-state index >= 15 is 0 Å². The SMILES string of the molecule is CNC(=O)C1CC(=O)N(c2ccc(OCc3cccc(F)c3)c(F)c2)C1. The molecule has 5 nitrogen and oxygen atoms in total. The van der Waals surface area contributed by atoms with Gasteiger partial charge in [-0.1, -0.05) is 12.1 Å². The quantitative estimate of drug-likeness (QED) is 0.892. The summed E-state index contributed by atoms with van der Waals surface area (Å²) in [5.74, 6) is -1.90. The van der Waals surface area contributed by atoms with Crippen molar-refractivity contribution in [2.75, 3.05) is 18.5 Å². The number of carbonyl (C=O) groups excluding carboxylic acids is 2. The number of nitrogens with zero attached hydrogens (tertiary/aromatic N) is 1. The van der Waals surface area contributed by atoms with Crippen LogP contribution in [0.1, 0.15) is 12.0 Å². The molecule has 0 aromatic heterocycles. The third-order valence-corrected chi connectivity index (χ3v) is 4.25. The van der Waals surface area contributed by atoms with Crippen LogP contribution in [0.4, 0.5) is 14.5 Å². The van der Waals surface area contributed by atoms with E-state index in [-0.39, 0.29) is 43.0 Å². The molecule has 3 rings (SSSR count). The second-order valence-electron chi connectivity index (χ2n) is 6.05. The van der Waals surface area contributed by atoms with Gasteiger partial charge in [0.2, 0.25) is 11.8 Å². The van der Waals surface area contributed by atoms with Crippen molar-refractivity contribution in [3.63, 3.8) is 0 Å². The average Bonchev–Trinajstić information content (AvgIpc) is 3.02. The molecule has 1 fully saturated rings. The van der Waals surface area contributed by atoms with Crippen molar-refractivity contribution in [1.82, 2.24) is 5.32 Å². The first kappa shape index (κ1) is 17.8. The molecule has 2 aromatic rings. The minimum absolute atomic E-state index is 0.00695. The maximum absolute atomic E-state index is 14.3. The van der Waals surface area contributed by atoms with Gasteiger partial charge in [-0.05, 0) is 29.8 Å².